The van der Waals surface area contributed by atoms with Crippen molar-refractivity contribution >= 4 is 17.2 Å². The first-order valence-electron chi connectivity index (χ1n) is 5.69. The number of hydrogen-bond donors (Lipinski definition) is 1. The molecule has 1 amide bonds. The van der Waals surface area contributed by atoms with Crippen LogP contribution in [-0.4, -0.2) is 28.0 Å². The zero-order chi connectivity index (χ0) is 11.7. The SMILES string of the molecule is O=C(Nc1cccn2ccnc12)C1CCCO1. The molecule has 2 aromatic rings. The summed E-state index contributed by atoms with van der Waals surface area (Å²) < 4.78 is 7.21. The monoisotopic (exact) mass is 231 g/mol. The van der Waals surface area contributed by atoms with Crippen molar-refractivity contribution in [1.82, 2.24) is 9.38 Å². The van der Waals surface area contributed by atoms with Gasteiger partial charge < -0.3 is 14.5 Å². The predicted octanol–water partition coefficient (Wildman–Crippen LogP) is 1.45. The van der Waals surface area contributed by atoms with Crippen LogP contribution in [0.2, 0.25) is 0 Å². The summed E-state index contributed by atoms with van der Waals surface area (Å²) >= 11 is 0. The third kappa shape index (κ3) is 1.89. The van der Waals surface area contributed by atoms with E-state index < -0.39 is 0 Å². The maximum atomic E-state index is 11.9. The molecule has 1 atom stereocenters. The average molecular weight is 231 g/mol. The molecule has 0 saturated carbocycles. The number of ether oxygens (including phenoxy) is 1. The maximum absolute atomic E-state index is 11.9. The van der Waals surface area contributed by atoms with Crippen LogP contribution in [0.15, 0.2) is 30.7 Å². The van der Waals surface area contributed by atoms with Crippen molar-refractivity contribution in [1.29, 1.82) is 0 Å². The molecule has 1 aliphatic rings. The number of carbonyl (C=O) groups is 1. The second-order valence-electron chi connectivity index (χ2n) is 4.07. The van der Waals surface area contributed by atoms with E-state index in [1.165, 1.54) is 0 Å². The van der Waals surface area contributed by atoms with E-state index in [9.17, 15) is 4.79 Å². The number of amides is 1. The van der Waals surface area contributed by atoms with Crippen LogP contribution in [0.25, 0.3) is 5.65 Å². The van der Waals surface area contributed by atoms with E-state index in [-0.39, 0.29) is 12.0 Å². The van der Waals surface area contributed by atoms with Gasteiger partial charge in [-0.15, -0.1) is 0 Å². The molecule has 1 aliphatic heterocycles. The van der Waals surface area contributed by atoms with E-state index in [1.54, 1.807) is 6.20 Å². The van der Waals surface area contributed by atoms with Crippen LogP contribution in [0.4, 0.5) is 5.69 Å². The van der Waals surface area contributed by atoms with Gasteiger partial charge >= 0.3 is 0 Å². The summed E-state index contributed by atoms with van der Waals surface area (Å²) in [6.07, 6.45) is 6.87. The molecule has 0 radical (unpaired) electrons. The van der Waals surface area contributed by atoms with Crippen LogP contribution >= 0.6 is 0 Å². The standard InChI is InChI=1S/C12H13N3O2/c16-12(10-4-2-8-17-10)14-9-3-1-6-15-7-5-13-11(9)15/h1,3,5-7,10H,2,4,8H2,(H,14,16). The summed E-state index contributed by atoms with van der Waals surface area (Å²) in [5.41, 5.74) is 1.47. The normalized spacial score (nSPS) is 19.6. The van der Waals surface area contributed by atoms with Crippen molar-refractivity contribution in [2.24, 2.45) is 0 Å². The zero-order valence-electron chi connectivity index (χ0n) is 9.30. The molecular formula is C12H13N3O2. The minimum Gasteiger partial charge on any atom is -0.368 e. The molecule has 1 saturated heterocycles. The summed E-state index contributed by atoms with van der Waals surface area (Å²) in [6, 6.07) is 3.72. The van der Waals surface area contributed by atoms with Crippen molar-refractivity contribution in [2.75, 3.05) is 11.9 Å². The Morgan fingerprint density at radius 3 is 3.29 bits per heavy atom. The van der Waals surface area contributed by atoms with Crippen molar-refractivity contribution in [3.05, 3.63) is 30.7 Å². The van der Waals surface area contributed by atoms with Gasteiger partial charge in [0.25, 0.3) is 5.91 Å². The Balaban J connectivity index is 1.84. The van der Waals surface area contributed by atoms with Crippen LogP contribution < -0.4 is 5.32 Å². The first kappa shape index (κ1) is 10.3. The largest absolute Gasteiger partial charge is 0.368 e. The summed E-state index contributed by atoms with van der Waals surface area (Å²) in [4.78, 5) is 16.1. The van der Waals surface area contributed by atoms with E-state index in [0.717, 1.165) is 24.2 Å². The first-order valence-corrected chi connectivity index (χ1v) is 5.69. The lowest BCUT2D eigenvalue weighted by molar-refractivity contribution is -0.124. The number of nitrogens with one attached hydrogen (secondary N) is 1. The Hall–Kier alpha value is -1.88. The van der Waals surface area contributed by atoms with Gasteiger partial charge in [-0.1, -0.05) is 0 Å². The molecule has 3 heterocycles. The van der Waals surface area contributed by atoms with Gasteiger partial charge in [-0.3, -0.25) is 4.79 Å². The lowest BCUT2D eigenvalue weighted by Gasteiger charge is -2.10. The van der Waals surface area contributed by atoms with Crippen molar-refractivity contribution in [3.8, 4) is 0 Å². The molecule has 17 heavy (non-hydrogen) atoms. The van der Waals surface area contributed by atoms with Crippen LogP contribution in [0.3, 0.4) is 0 Å². The van der Waals surface area contributed by atoms with Gasteiger partial charge in [0.1, 0.15) is 6.10 Å². The lowest BCUT2D eigenvalue weighted by Crippen LogP contribution is -2.27. The molecule has 0 aliphatic carbocycles. The highest BCUT2D eigenvalue weighted by Gasteiger charge is 2.24. The first-order chi connectivity index (χ1) is 8.34. The van der Waals surface area contributed by atoms with E-state index in [0.29, 0.717) is 6.61 Å². The molecule has 5 heteroatoms. The molecule has 0 spiro atoms. The number of carbonyl (C=O) groups excluding carboxylic acids is 1. The van der Waals surface area contributed by atoms with E-state index >= 15 is 0 Å². The molecular weight excluding hydrogens is 218 g/mol. The highest BCUT2D eigenvalue weighted by molar-refractivity contribution is 5.97. The third-order valence-corrected chi connectivity index (χ3v) is 2.90. The van der Waals surface area contributed by atoms with Crippen molar-refractivity contribution in [2.45, 2.75) is 18.9 Å². The summed E-state index contributed by atoms with van der Waals surface area (Å²) in [5.74, 6) is -0.0846. The fourth-order valence-corrected chi connectivity index (χ4v) is 2.04. The fraction of sp³-hybridized carbons (Fsp3) is 0.333. The minimum atomic E-state index is -0.315. The summed E-state index contributed by atoms with van der Waals surface area (Å²) in [7, 11) is 0. The van der Waals surface area contributed by atoms with Crippen LogP contribution in [0, 0.1) is 0 Å². The quantitative estimate of drug-likeness (QED) is 0.851. The Morgan fingerprint density at radius 2 is 2.47 bits per heavy atom. The highest BCUT2D eigenvalue weighted by Crippen LogP contribution is 2.18. The van der Waals surface area contributed by atoms with Crippen molar-refractivity contribution in [3.63, 3.8) is 0 Å². The molecule has 0 bridgehead atoms. The Kier molecular flexibility index (Phi) is 2.53. The number of anilines is 1. The molecule has 5 nitrogen and oxygen atoms in total. The van der Waals surface area contributed by atoms with Crippen LogP contribution in [0.5, 0.6) is 0 Å². The second-order valence-corrected chi connectivity index (χ2v) is 4.07. The number of rotatable bonds is 2. The Bertz CT molecular complexity index is 543. The van der Waals surface area contributed by atoms with Gasteiger partial charge in [-0.05, 0) is 25.0 Å². The van der Waals surface area contributed by atoms with Gasteiger partial charge in [0.15, 0.2) is 5.65 Å². The van der Waals surface area contributed by atoms with Gasteiger partial charge in [-0.25, -0.2) is 4.98 Å². The molecule has 0 aromatic carbocycles. The minimum absolute atomic E-state index is 0.0846. The van der Waals surface area contributed by atoms with Crippen LogP contribution in [-0.2, 0) is 9.53 Å². The molecule has 1 fully saturated rings. The Morgan fingerprint density at radius 1 is 1.53 bits per heavy atom. The van der Waals surface area contributed by atoms with E-state index in [2.05, 4.69) is 10.3 Å². The number of imidazole rings is 1. The zero-order valence-corrected chi connectivity index (χ0v) is 9.30. The maximum Gasteiger partial charge on any atom is 0.253 e. The molecule has 88 valence electrons. The second kappa shape index (κ2) is 4.18. The lowest BCUT2D eigenvalue weighted by atomic mass is 10.2. The van der Waals surface area contributed by atoms with E-state index in [4.69, 9.17) is 4.74 Å². The third-order valence-electron chi connectivity index (χ3n) is 2.90. The number of fused-ring (bicyclic) bond motifs is 1. The van der Waals surface area contributed by atoms with Crippen LogP contribution in [0.1, 0.15) is 12.8 Å². The van der Waals surface area contributed by atoms with Crippen molar-refractivity contribution < 1.29 is 9.53 Å². The molecule has 1 N–H and O–H groups in total. The number of aromatic nitrogens is 2. The number of hydrogen-bond acceptors (Lipinski definition) is 3. The number of nitrogens with zero attached hydrogens (tertiary/aromatic N) is 2. The predicted molar refractivity (Wildman–Crippen MR) is 62.8 cm³/mol. The van der Waals surface area contributed by atoms with Gasteiger partial charge in [0, 0.05) is 25.2 Å². The molecule has 3 rings (SSSR count). The topological polar surface area (TPSA) is 55.6 Å². The fourth-order valence-electron chi connectivity index (χ4n) is 2.04. The summed E-state index contributed by atoms with van der Waals surface area (Å²) in [5, 5.41) is 2.87. The van der Waals surface area contributed by atoms with Gasteiger partial charge in [0.2, 0.25) is 0 Å². The molecule has 2 aromatic heterocycles. The average Bonchev–Trinajstić information content (AvgIpc) is 3.00. The van der Waals surface area contributed by atoms with Gasteiger partial charge in [-0.2, -0.15) is 0 Å². The van der Waals surface area contributed by atoms with E-state index in [1.807, 2.05) is 28.9 Å². The molecule has 1 unspecified atom stereocenters. The number of pyridine rings is 1. The Labute approximate surface area is 98.4 Å². The summed E-state index contributed by atoms with van der Waals surface area (Å²) in [6.45, 7) is 0.672. The van der Waals surface area contributed by atoms with Gasteiger partial charge in [0.05, 0.1) is 5.69 Å². The highest BCUT2D eigenvalue weighted by atomic mass is 16.5. The smallest absolute Gasteiger partial charge is 0.253 e.